The van der Waals surface area contributed by atoms with Crippen molar-refractivity contribution in [3.8, 4) is 5.75 Å². The summed E-state index contributed by atoms with van der Waals surface area (Å²) in [4.78, 5) is 31.5. The van der Waals surface area contributed by atoms with Crippen LogP contribution in [-0.2, 0) is 9.53 Å². The third-order valence-corrected chi connectivity index (χ3v) is 5.40. The Bertz CT molecular complexity index is 726. The van der Waals surface area contributed by atoms with Crippen LogP contribution in [0.15, 0.2) is 12.1 Å². The monoisotopic (exact) mass is 362 g/mol. The molecule has 3 aliphatic heterocycles. The number of aromatic nitrogens is 1. The molecular formula is C17H22N4O5. The lowest BCUT2D eigenvalue weighted by atomic mass is 9.73. The highest BCUT2D eigenvalue weighted by Gasteiger charge is 2.44. The molecule has 1 spiro atoms. The van der Waals surface area contributed by atoms with E-state index in [4.69, 9.17) is 14.6 Å². The number of anilines is 2. The number of hydrogen-bond donors (Lipinski definition) is 2. The molecule has 2 saturated heterocycles. The van der Waals surface area contributed by atoms with Gasteiger partial charge in [0, 0.05) is 38.8 Å². The summed E-state index contributed by atoms with van der Waals surface area (Å²) in [6.45, 7) is 3.44. The van der Waals surface area contributed by atoms with Gasteiger partial charge >= 0.3 is 6.09 Å². The molecule has 2 amide bonds. The highest BCUT2D eigenvalue weighted by molar-refractivity contribution is 5.99. The zero-order valence-electron chi connectivity index (χ0n) is 14.6. The van der Waals surface area contributed by atoms with E-state index in [0.717, 1.165) is 45.0 Å². The zero-order valence-corrected chi connectivity index (χ0v) is 14.6. The first-order chi connectivity index (χ1) is 12.5. The van der Waals surface area contributed by atoms with Crippen molar-refractivity contribution in [3.63, 3.8) is 0 Å². The lowest BCUT2D eigenvalue weighted by Crippen LogP contribution is -2.58. The van der Waals surface area contributed by atoms with E-state index in [2.05, 4.69) is 15.2 Å². The quantitative estimate of drug-likeness (QED) is 0.798. The van der Waals surface area contributed by atoms with Crippen LogP contribution in [0.2, 0.25) is 0 Å². The maximum atomic E-state index is 12.5. The number of hydrogen-bond acceptors (Lipinski definition) is 6. The van der Waals surface area contributed by atoms with Crippen LogP contribution in [0, 0.1) is 5.41 Å². The van der Waals surface area contributed by atoms with Crippen LogP contribution in [0.1, 0.15) is 12.8 Å². The minimum atomic E-state index is -1.26. The molecule has 140 valence electrons. The smallest absolute Gasteiger partial charge is 0.405 e. The van der Waals surface area contributed by atoms with Crippen LogP contribution >= 0.6 is 0 Å². The van der Waals surface area contributed by atoms with Crippen molar-refractivity contribution in [1.29, 1.82) is 0 Å². The van der Waals surface area contributed by atoms with Crippen molar-refractivity contribution < 1.29 is 24.2 Å². The summed E-state index contributed by atoms with van der Waals surface area (Å²) < 4.78 is 11.1. The molecule has 2 fully saturated rings. The molecule has 4 heterocycles. The Kier molecular flexibility index (Phi) is 4.10. The van der Waals surface area contributed by atoms with Gasteiger partial charge < -0.3 is 24.8 Å². The van der Waals surface area contributed by atoms with Crippen LogP contribution < -0.4 is 19.9 Å². The van der Waals surface area contributed by atoms with Crippen LogP contribution in [0.25, 0.3) is 0 Å². The SMILES string of the molecule is CN1C(=O)C(NC(=O)O)COc2ccc(N3CC4(CCOCC4)C3)nc21. The summed E-state index contributed by atoms with van der Waals surface area (Å²) in [5, 5.41) is 11.1. The van der Waals surface area contributed by atoms with Crippen molar-refractivity contribution in [2.45, 2.75) is 18.9 Å². The summed E-state index contributed by atoms with van der Waals surface area (Å²) in [6, 6.07) is 2.72. The molecule has 9 heteroatoms. The Morgan fingerprint density at radius 1 is 1.35 bits per heavy atom. The molecule has 4 rings (SSSR count). The first-order valence-corrected chi connectivity index (χ1v) is 8.71. The predicted molar refractivity (Wildman–Crippen MR) is 92.8 cm³/mol. The number of likely N-dealkylation sites (N-methyl/N-ethyl adjacent to an activating group) is 1. The van der Waals surface area contributed by atoms with Gasteiger partial charge in [0.2, 0.25) is 0 Å². The van der Waals surface area contributed by atoms with E-state index in [-0.39, 0.29) is 12.5 Å². The summed E-state index contributed by atoms with van der Waals surface area (Å²) in [5.74, 6) is 1.30. The van der Waals surface area contributed by atoms with Crippen molar-refractivity contribution in [2.24, 2.45) is 5.41 Å². The number of fused-ring (bicyclic) bond motifs is 1. The van der Waals surface area contributed by atoms with E-state index in [1.165, 1.54) is 4.90 Å². The van der Waals surface area contributed by atoms with Gasteiger partial charge in [0.1, 0.15) is 18.5 Å². The third-order valence-electron chi connectivity index (χ3n) is 5.40. The average Bonchev–Trinajstić information content (AvgIpc) is 2.72. The topological polar surface area (TPSA) is 104 Å². The normalized spacial score (nSPS) is 24.3. The van der Waals surface area contributed by atoms with Crippen molar-refractivity contribution in [2.75, 3.05) is 49.8 Å². The predicted octanol–water partition coefficient (Wildman–Crippen LogP) is 0.690. The number of carbonyl (C=O) groups excluding carboxylic acids is 1. The van der Waals surface area contributed by atoms with Gasteiger partial charge in [0.25, 0.3) is 5.91 Å². The Morgan fingerprint density at radius 3 is 2.77 bits per heavy atom. The lowest BCUT2D eigenvalue weighted by Gasteiger charge is -2.52. The number of carboxylic acid groups (broad SMARTS) is 1. The fourth-order valence-corrected chi connectivity index (χ4v) is 3.84. The van der Waals surface area contributed by atoms with Crippen LogP contribution in [0.4, 0.5) is 16.4 Å². The average molecular weight is 362 g/mol. The number of nitrogens with one attached hydrogen (secondary N) is 1. The van der Waals surface area contributed by atoms with Gasteiger partial charge in [0.05, 0.1) is 0 Å². The highest BCUT2D eigenvalue weighted by atomic mass is 16.5. The maximum absolute atomic E-state index is 12.5. The number of amides is 2. The molecule has 26 heavy (non-hydrogen) atoms. The molecule has 1 atom stereocenters. The molecule has 1 unspecified atom stereocenters. The fourth-order valence-electron chi connectivity index (χ4n) is 3.84. The lowest BCUT2D eigenvalue weighted by molar-refractivity contribution is -0.120. The van der Waals surface area contributed by atoms with Gasteiger partial charge in [0.15, 0.2) is 11.6 Å². The molecule has 2 N–H and O–H groups in total. The fraction of sp³-hybridized carbons (Fsp3) is 0.588. The number of carbonyl (C=O) groups is 2. The van der Waals surface area contributed by atoms with Crippen LogP contribution in [0.5, 0.6) is 5.75 Å². The largest absolute Gasteiger partial charge is 0.487 e. The Labute approximate surface area is 150 Å². The second-order valence-corrected chi connectivity index (χ2v) is 7.17. The molecule has 0 bridgehead atoms. The standard InChI is InChI=1S/C17H22N4O5/c1-20-14-12(26-8-11(15(20)22)18-16(23)24)2-3-13(19-14)21-9-17(10-21)4-6-25-7-5-17/h2-3,11,18H,4-10H2,1H3,(H,23,24). The zero-order chi connectivity index (χ0) is 18.3. The summed E-state index contributed by atoms with van der Waals surface area (Å²) >= 11 is 0. The van der Waals surface area contributed by atoms with Gasteiger partial charge in [-0.2, -0.15) is 0 Å². The minimum absolute atomic E-state index is 0.0592. The van der Waals surface area contributed by atoms with Gasteiger partial charge in [-0.1, -0.05) is 0 Å². The minimum Gasteiger partial charge on any atom is -0.487 e. The summed E-state index contributed by atoms with van der Waals surface area (Å²) in [5.41, 5.74) is 0.321. The number of nitrogens with zero attached hydrogens (tertiary/aromatic N) is 3. The Balaban J connectivity index is 1.52. The second-order valence-electron chi connectivity index (χ2n) is 7.17. The van der Waals surface area contributed by atoms with Gasteiger partial charge in [-0.3, -0.25) is 9.69 Å². The van der Waals surface area contributed by atoms with E-state index in [9.17, 15) is 9.59 Å². The molecule has 0 aliphatic carbocycles. The highest BCUT2D eigenvalue weighted by Crippen LogP contribution is 2.42. The van der Waals surface area contributed by atoms with Crippen LogP contribution in [0.3, 0.4) is 0 Å². The molecular weight excluding hydrogens is 340 g/mol. The van der Waals surface area contributed by atoms with Crippen molar-refractivity contribution in [1.82, 2.24) is 10.3 Å². The first-order valence-electron chi connectivity index (χ1n) is 8.71. The molecule has 0 aromatic carbocycles. The van der Waals surface area contributed by atoms with Crippen molar-refractivity contribution >= 4 is 23.6 Å². The van der Waals surface area contributed by atoms with E-state index in [1.54, 1.807) is 13.1 Å². The number of ether oxygens (including phenoxy) is 2. The van der Waals surface area contributed by atoms with Gasteiger partial charge in [-0.05, 0) is 25.0 Å². The third kappa shape index (κ3) is 2.92. The molecule has 1 aromatic heterocycles. The maximum Gasteiger partial charge on any atom is 0.405 e. The number of rotatable bonds is 2. The molecule has 0 radical (unpaired) electrons. The van der Waals surface area contributed by atoms with Crippen LogP contribution in [-0.4, -0.2) is 68.1 Å². The first kappa shape index (κ1) is 16.9. The molecule has 1 aromatic rings. The molecule has 0 saturated carbocycles. The van der Waals surface area contributed by atoms with E-state index in [1.807, 2.05) is 6.07 Å². The molecule has 3 aliphatic rings. The van der Waals surface area contributed by atoms with E-state index < -0.39 is 12.1 Å². The van der Waals surface area contributed by atoms with Gasteiger partial charge in [-0.25, -0.2) is 9.78 Å². The van der Waals surface area contributed by atoms with E-state index in [0.29, 0.717) is 17.0 Å². The molecule has 9 nitrogen and oxygen atoms in total. The Morgan fingerprint density at radius 2 is 2.08 bits per heavy atom. The summed E-state index contributed by atoms with van der Waals surface area (Å²) in [7, 11) is 1.58. The van der Waals surface area contributed by atoms with Gasteiger partial charge in [-0.15, -0.1) is 0 Å². The van der Waals surface area contributed by atoms with E-state index >= 15 is 0 Å². The number of pyridine rings is 1. The Hall–Kier alpha value is -2.55. The summed E-state index contributed by atoms with van der Waals surface area (Å²) in [6.07, 6.45) is 0.874. The van der Waals surface area contributed by atoms with Crippen molar-refractivity contribution in [3.05, 3.63) is 12.1 Å². The second kappa shape index (κ2) is 6.31.